The van der Waals surface area contributed by atoms with Gasteiger partial charge in [0.25, 0.3) is 11.1 Å². The van der Waals surface area contributed by atoms with Crippen LogP contribution in [-0.4, -0.2) is 69.7 Å². The minimum absolute atomic E-state index is 0.0597. The van der Waals surface area contributed by atoms with Crippen molar-refractivity contribution in [2.75, 3.05) is 26.2 Å². The molecule has 3 heterocycles. The second kappa shape index (κ2) is 10.8. The van der Waals surface area contributed by atoms with E-state index < -0.39 is 18.5 Å². The third-order valence-electron chi connectivity index (χ3n) is 7.44. The molecule has 1 amide bonds. The maximum atomic E-state index is 15.6. The molecule has 7 nitrogen and oxygen atoms in total. The predicted octanol–water partition coefficient (Wildman–Crippen LogP) is 4.84. The van der Waals surface area contributed by atoms with Crippen molar-refractivity contribution in [1.29, 1.82) is 0 Å². The van der Waals surface area contributed by atoms with Crippen LogP contribution in [-0.2, 0) is 19.9 Å². The molecule has 206 valence electrons. The SMILES string of the molecule is Cn1cc2c(C(=O)NC3CCC(F)(CCN4CCc5nc(OCC(F)(F)F)sc5CC4)CC3)cccc2n1. The fourth-order valence-corrected chi connectivity index (χ4v) is 6.27. The first-order valence-electron chi connectivity index (χ1n) is 12.9. The van der Waals surface area contributed by atoms with Crippen LogP contribution in [0.2, 0.25) is 0 Å². The minimum Gasteiger partial charge on any atom is -0.460 e. The number of amides is 1. The van der Waals surface area contributed by atoms with Gasteiger partial charge in [0.15, 0.2) is 6.61 Å². The lowest BCUT2D eigenvalue weighted by atomic mass is 9.81. The summed E-state index contributed by atoms with van der Waals surface area (Å²) in [5.41, 5.74) is 0.860. The van der Waals surface area contributed by atoms with E-state index in [1.165, 1.54) is 11.3 Å². The lowest BCUT2D eigenvalue weighted by molar-refractivity contribution is -0.153. The standard InChI is InChI=1S/C26H31F4N5O2S/c1-34-15-19-18(3-2-4-20(19)33-34)23(36)31-17-5-9-25(27,10-6-17)11-14-35-12-7-21-22(8-13-35)38-24(32-21)37-16-26(28,29)30/h2-4,15,17H,5-14,16H2,1H3,(H,31,36). The van der Waals surface area contributed by atoms with Gasteiger partial charge in [0.1, 0.15) is 5.67 Å². The van der Waals surface area contributed by atoms with Crippen LogP contribution >= 0.6 is 11.3 Å². The average Bonchev–Trinajstić information content (AvgIpc) is 3.39. The number of benzene rings is 1. The highest BCUT2D eigenvalue weighted by Gasteiger charge is 2.36. The topological polar surface area (TPSA) is 72.3 Å². The maximum absolute atomic E-state index is 15.6. The molecule has 1 fully saturated rings. The Morgan fingerprint density at radius 2 is 2.00 bits per heavy atom. The normalized spacial score (nSPS) is 22.7. The summed E-state index contributed by atoms with van der Waals surface area (Å²) < 4.78 is 59.3. The summed E-state index contributed by atoms with van der Waals surface area (Å²) in [5.74, 6) is -0.155. The van der Waals surface area contributed by atoms with Crippen LogP contribution in [0.1, 0.15) is 53.0 Å². The minimum atomic E-state index is -4.39. The third-order valence-corrected chi connectivity index (χ3v) is 8.51. The molecule has 0 unspecified atom stereocenters. The molecular weight excluding hydrogens is 522 g/mol. The zero-order valence-corrected chi connectivity index (χ0v) is 22.0. The molecule has 0 atom stereocenters. The van der Waals surface area contributed by atoms with E-state index in [1.54, 1.807) is 10.7 Å². The Morgan fingerprint density at radius 1 is 1.24 bits per heavy atom. The Kier molecular flexibility index (Phi) is 7.63. The Bertz CT molecular complexity index is 1260. The van der Waals surface area contributed by atoms with Crippen molar-refractivity contribution >= 4 is 28.1 Å². The molecular formula is C26H31F4N5O2S. The van der Waals surface area contributed by atoms with Crippen molar-refractivity contribution in [3.63, 3.8) is 0 Å². The van der Waals surface area contributed by atoms with E-state index in [4.69, 9.17) is 4.74 Å². The van der Waals surface area contributed by atoms with Gasteiger partial charge in [0.05, 0.1) is 16.8 Å². The molecule has 12 heteroatoms. The number of halogens is 4. The van der Waals surface area contributed by atoms with Crippen molar-refractivity contribution in [2.45, 2.75) is 62.8 Å². The summed E-state index contributed by atoms with van der Waals surface area (Å²) in [6.07, 6.45) is 1.12. The lowest BCUT2D eigenvalue weighted by Crippen LogP contribution is -2.43. The highest BCUT2D eigenvalue weighted by Crippen LogP contribution is 2.36. The van der Waals surface area contributed by atoms with E-state index in [9.17, 15) is 18.0 Å². The van der Waals surface area contributed by atoms with Gasteiger partial charge in [-0.1, -0.05) is 17.4 Å². The van der Waals surface area contributed by atoms with Gasteiger partial charge in [-0.05, 0) is 50.7 Å². The van der Waals surface area contributed by atoms with E-state index in [1.807, 2.05) is 25.4 Å². The van der Waals surface area contributed by atoms with Gasteiger partial charge in [0.2, 0.25) is 0 Å². The first-order chi connectivity index (χ1) is 18.1. The number of thiazole rings is 1. The summed E-state index contributed by atoms with van der Waals surface area (Å²) in [6, 6.07) is 5.41. The van der Waals surface area contributed by atoms with E-state index >= 15 is 4.39 Å². The molecule has 3 aromatic rings. The largest absolute Gasteiger partial charge is 0.460 e. The molecule has 0 radical (unpaired) electrons. The first-order valence-corrected chi connectivity index (χ1v) is 13.7. The lowest BCUT2D eigenvalue weighted by Gasteiger charge is -2.35. The number of fused-ring (bicyclic) bond motifs is 2. The highest BCUT2D eigenvalue weighted by atomic mass is 32.1. The summed E-state index contributed by atoms with van der Waals surface area (Å²) in [5, 5.41) is 8.30. The van der Waals surface area contributed by atoms with Gasteiger partial charge in [-0.2, -0.15) is 18.3 Å². The number of ether oxygens (including phenoxy) is 1. The molecule has 38 heavy (non-hydrogen) atoms. The van der Waals surface area contributed by atoms with Crippen LogP contribution in [0.3, 0.4) is 0 Å². The highest BCUT2D eigenvalue weighted by molar-refractivity contribution is 7.13. The Hall–Kier alpha value is -2.73. The van der Waals surface area contributed by atoms with E-state index in [0.717, 1.165) is 21.5 Å². The van der Waals surface area contributed by atoms with E-state index in [2.05, 4.69) is 20.3 Å². The Labute approximate surface area is 222 Å². The average molecular weight is 554 g/mol. The van der Waals surface area contributed by atoms with Gasteiger partial charge in [-0.15, -0.1) is 0 Å². The number of alkyl halides is 4. The van der Waals surface area contributed by atoms with Crippen molar-refractivity contribution in [2.24, 2.45) is 7.05 Å². The summed E-state index contributed by atoms with van der Waals surface area (Å²) in [4.78, 5) is 20.3. The molecule has 1 N–H and O–H groups in total. The number of aromatic nitrogens is 3. The molecule has 0 spiro atoms. The summed E-state index contributed by atoms with van der Waals surface area (Å²) in [7, 11) is 1.82. The van der Waals surface area contributed by atoms with Gasteiger partial charge in [-0.25, -0.2) is 9.37 Å². The monoisotopic (exact) mass is 553 g/mol. The molecule has 0 bridgehead atoms. The van der Waals surface area contributed by atoms with Gasteiger partial charge in [-0.3, -0.25) is 9.48 Å². The predicted molar refractivity (Wildman–Crippen MR) is 136 cm³/mol. The van der Waals surface area contributed by atoms with Crippen LogP contribution in [0.15, 0.2) is 24.4 Å². The van der Waals surface area contributed by atoms with Gasteiger partial charge < -0.3 is 15.0 Å². The summed E-state index contributed by atoms with van der Waals surface area (Å²) in [6.45, 7) is 0.671. The molecule has 0 saturated heterocycles. The van der Waals surface area contributed by atoms with Crippen molar-refractivity contribution in [3.05, 3.63) is 40.5 Å². The second-order valence-electron chi connectivity index (χ2n) is 10.3. The molecule has 2 aromatic heterocycles. The van der Waals surface area contributed by atoms with Crippen LogP contribution in [0.25, 0.3) is 10.9 Å². The number of carbonyl (C=O) groups excluding carboxylic acids is 1. The quantitative estimate of drug-likeness (QED) is 0.424. The van der Waals surface area contributed by atoms with E-state index in [-0.39, 0.29) is 17.1 Å². The zero-order chi connectivity index (χ0) is 26.9. The smallest absolute Gasteiger partial charge is 0.422 e. The number of rotatable bonds is 7. The maximum Gasteiger partial charge on any atom is 0.422 e. The van der Waals surface area contributed by atoms with Gasteiger partial charge >= 0.3 is 6.18 Å². The molecule has 1 aromatic carbocycles. The van der Waals surface area contributed by atoms with Gasteiger partial charge in [0, 0.05) is 55.6 Å². The summed E-state index contributed by atoms with van der Waals surface area (Å²) >= 11 is 1.17. The first kappa shape index (κ1) is 26.9. The third kappa shape index (κ3) is 6.45. The molecule has 1 saturated carbocycles. The molecule has 1 aliphatic carbocycles. The Morgan fingerprint density at radius 3 is 2.76 bits per heavy atom. The van der Waals surface area contributed by atoms with Crippen LogP contribution in [0, 0.1) is 0 Å². The number of aryl methyl sites for hydroxylation is 1. The molecule has 5 rings (SSSR count). The van der Waals surface area contributed by atoms with Crippen molar-refractivity contribution in [1.82, 2.24) is 25.0 Å². The fourth-order valence-electron chi connectivity index (χ4n) is 5.33. The zero-order valence-electron chi connectivity index (χ0n) is 21.2. The number of hydrogen-bond acceptors (Lipinski definition) is 6. The fraction of sp³-hybridized carbons (Fsp3) is 0.577. The van der Waals surface area contributed by atoms with Crippen molar-refractivity contribution < 1.29 is 27.1 Å². The number of hydrogen-bond donors (Lipinski definition) is 1. The number of nitrogens with zero attached hydrogens (tertiary/aromatic N) is 4. The van der Waals surface area contributed by atoms with Crippen LogP contribution < -0.4 is 10.1 Å². The molecule has 1 aliphatic heterocycles. The van der Waals surface area contributed by atoms with E-state index in [0.29, 0.717) is 70.1 Å². The van der Waals surface area contributed by atoms with Crippen LogP contribution in [0.5, 0.6) is 5.19 Å². The van der Waals surface area contributed by atoms with Crippen molar-refractivity contribution in [3.8, 4) is 5.19 Å². The number of nitrogens with one attached hydrogen (secondary N) is 1. The Balaban J connectivity index is 1.07. The number of carbonyl (C=O) groups is 1. The van der Waals surface area contributed by atoms with Crippen LogP contribution in [0.4, 0.5) is 17.6 Å². The molecule has 2 aliphatic rings. The second-order valence-corrected chi connectivity index (χ2v) is 11.3.